The molecule has 0 bridgehead atoms. The van der Waals surface area contributed by atoms with Crippen molar-refractivity contribution >= 4 is 11.6 Å². The zero-order valence-electron chi connectivity index (χ0n) is 17.4. The van der Waals surface area contributed by atoms with Crippen LogP contribution in [0.4, 0.5) is 11.6 Å². The Morgan fingerprint density at radius 1 is 1.20 bits per heavy atom. The van der Waals surface area contributed by atoms with Gasteiger partial charge in [-0.1, -0.05) is 12.1 Å². The van der Waals surface area contributed by atoms with Gasteiger partial charge in [-0.3, -0.25) is 9.58 Å². The van der Waals surface area contributed by atoms with Crippen molar-refractivity contribution in [1.29, 1.82) is 0 Å². The summed E-state index contributed by atoms with van der Waals surface area (Å²) in [6.45, 7) is 3.71. The maximum absolute atomic E-state index is 5.44. The summed E-state index contributed by atoms with van der Waals surface area (Å²) in [4.78, 5) is 11.6. The molecule has 30 heavy (non-hydrogen) atoms. The smallest absolute Gasteiger partial charge is 0.227 e. The highest BCUT2D eigenvalue weighted by Gasteiger charge is 2.30. The summed E-state index contributed by atoms with van der Waals surface area (Å²) in [7, 11) is 3.93. The molecule has 1 fully saturated rings. The Labute approximate surface area is 176 Å². The molecule has 8 heteroatoms. The third kappa shape index (κ3) is 3.81. The van der Waals surface area contributed by atoms with E-state index in [0.29, 0.717) is 18.0 Å². The number of hydrogen-bond acceptors (Lipinski definition) is 7. The minimum absolute atomic E-state index is 0.369. The lowest BCUT2D eigenvalue weighted by molar-refractivity contribution is -0.0678. The van der Waals surface area contributed by atoms with Crippen LogP contribution in [0.5, 0.6) is 0 Å². The van der Waals surface area contributed by atoms with E-state index in [1.165, 1.54) is 11.1 Å². The van der Waals surface area contributed by atoms with Crippen LogP contribution < -0.4 is 10.6 Å². The fraction of sp³-hybridized carbons (Fsp3) is 0.409. The SMILES string of the molecule is CNC1CCN(C2COC2)Cc2cc(-c3ccnc(Nc4cnn(C)c4)n3)ccc21. The van der Waals surface area contributed by atoms with Crippen LogP contribution in [0, 0.1) is 0 Å². The minimum atomic E-state index is 0.369. The van der Waals surface area contributed by atoms with Gasteiger partial charge in [-0.15, -0.1) is 0 Å². The van der Waals surface area contributed by atoms with E-state index in [4.69, 9.17) is 9.72 Å². The molecule has 0 aliphatic carbocycles. The third-order valence-electron chi connectivity index (χ3n) is 5.99. The number of hydrogen-bond donors (Lipinski definition) is 2. The van der Waals surface area contributed by atoms with Crippen LogP contribution in [-0.2, 0) is 18.3 Å². The Kier molecular flexibility index (Phi) is 5.20. The normalized spacial score (nSPS) is 19.7. The van der Waals surface area contributed by atoms with Gasteiger partial charge in [0.25, 0.3) is 0 Å². The van der Waals surface area contributed by atoms with E-state index in [1.54, 1.807) is 17.1 Å². The second-order valence-electron chi connectivity index (χ2n) is 8.00. The molecule has 2 aliphatic rings. The van der Waals surface area contributed by atoms with Gasteiger partial charge in [0.05, 0.1) is 36.8 Å². The highest BCUT2D eigenvalue weighted by Crippen LogP contribution is 2.32. The molecule has 2 aliphatic heterocycles. The summed E-state index contributed by atoms with van der Waals surface area (Å²) in [5.74, 6) is 0.566. The predicted molar refractivity (Wildman–Crippen MR) is 115 cm³/mol. The number of benzene rings is 1. The average Bonchev–Trinajstić information content (AvgIpc) is 3.03. The van der Waals surface area contributed by atoms with Gasteiger partial charge in [0, 0.05) is 44.1 Å². The van der Waals surface area contributed by atoms with Crippen molar-refractivity contribution in [3.8, 4) is 11.3 Å². The molecule has 8 nitrogen and oxygen atoms in total. The van der Waals surface area contributed by atoms with Gasteiger partial charge in [0.1, 0.15) is 0 Å². The molecule has 1 unspecified atom stereocenters. The number of aryl methyl sites for hydroxylation is 1. The van der Waals surface area contributed by atoms with Crippen molar-refractivity contribution in [1.82, 2.24) is 30.0 Å². The van der Waals surface area contributed by atoms with Crippen molar-refractivity contribution in [3.05, 3.63) is 54.0 Å². The molecule has 0 spiro atoms. The molecule has 156 valence electrons. The summed E-state index contributed by atoms with van der Waals surface area (Å²) >= 11 is 0. The summed E-state index contributed by atoms with van der Waals surface area (Å²) in [5.41, 5.74) is 5.62. The van der Waals surface area contributed by atoms with Crippen molar-refractivity contribution in [2.24, 2.45) is 7.05 Å². The van der Waals surface area contributed by atoms with Gasteiger partial charge in [-0.2, -0.15) is 5.10 Å². The average molecular weight is 406 g/mol. The standard InChI is InChI=1S/C22H27N7O/c1-23-21-6-8-29(18-13-30-14-18)11-16-9-15(3-4-19(16)21)20-5-7-24-22(27-20)26-17-10-25-28(2)12-17/h3-5,7,9-10,12,18,21,23H,6,8,11,13-14H2,1-2H3,(H,24,26,27). The summed E-state index contributed by atoms with van der Waals surface area (Å²) < 4.78 is 7.19. The van der Waals surface area contributed by atoms with Crippen LogP contribution in [0.15, 0.2) is 42.9 Å². The molecule has 1 aromatic carbocycles. The number of rotatable bonds is 5. The lowest BCUT2D eigenvalue weighted by Gasteiger charge is -2.36. The highest BCUT2D eigenvalue weighted by molar-refractivity contribution is 5.63. The van der Waals surface area contributed by atoms with Gasteiger partial charge in [-0.25, -0.2) is 9.97 Å². The molecule has 4 heterocycles. The fourth-order valence-corrected chi connectivity index (χ4v) is 4.23. The number of ether oxygens (including phenoxy) is 1. The Balaban J connectivity index is 1.44. The number of fused-ring (bicyclic) bond motifs is 1. The van der Waals surface area contributed by atoms with Crippen LogP contribution in [0.1, 0.15) is 23.6 Å². The zero-order chi connectivity index (χ0) is 20.5. The van der Waals surface area contributed by atoms with E-state index in [9.17, 15) is 0 Å². The highest BCUT2D eigenvalue weighted by atomic mass is 16.5. The van der Waals surface area contributed by atoms with Crippen LogP contribution in [0.2, 0.25) is 0 Å². The van der Waals surface area contributed by atoms with Gasteiger partial charge in [0.2, 0.25) is 5.95 Å². The van der Waals surface area contributed by atoms with Crippen molar-refractivity contribution in [2.75, 3.05) is 32.1 Å². The molecular weight excluding hydrogens is 378 g/mol. The number of nitrogens with zero attached hydrogens (tertiary/aromatic N) is 5. The Morgan fingerprint density at radius 3 is 2.83 bits per heavy atom. The summed E-state index contributed by atoms with van der Waals surface area (Å²) in [6, 6.07) is 9.57. The van der Waals surface area contributed by atoms with Gasteiger partial charge >= 0.3 is 0 Å². The predicted octanol–water partition coefficient (Wildman–Crippen LogP) is 2.49. The maximum Gasteiger partial charge on any atom is 0.227 e. The van der Waals surface area contributed by atoms with E-state index >= 15 is 0 Å². The summed E-state index contributed by atoms with van der Waals surface area (Å²) in [5, 5.41) is 10.9. The maximum atomic E-state index is 5.44. The number of anilines is 2. The summed E-state index contributed by atoms with van der Waals surface area (Å²) in [6.07, 6.45) is 6.55. The van der Waals surface area contributed by atoms with Gasteiger partial charge in [0.15, 0.2) is 0 Å². The monoisotopic (exact) mass is 405 g/mol. The Bertz CT molecular complexity index is 1030. The lowest BCUT2D eigenvalue weighted by Crippen LogP contribution is -2.48. The van der Waals surface area contributed by atoms with Crippen LogP contribution in [-0.4, -0.2) is 57.5 Å². The molecule has 0 amide bonds. The Morgan fingerprint density at radius 2 is 2.10 bits per heavy atom. The van der Waals surface area contributed by atoms with Gasteiger partial charge < -0.3 is 15.4 Å². The molecule has 2 N–H and O–H groups in total. The van der Waals surface area contributed by atoms with E-state index in [1.807, 2.05) is 26.4 Å². The second-order valence-corrected chi connectivity index (χ2v) is 8.00. The van der Waals surface area contributed by atoms with Crippen molar-refractivity contribution in [2.45, 2.75) is 25.0 Å². The van der Waals surface area contributed by atoms with Gasteiger partial charge in [-0.05, 0) is 36.7 Å². The molecule has 0 radical (unpaired) electrons. The molecule has 1 atom stereocenters. The van der Waals surface area contributed by atoms with E-state index in [0.717, 1.165) is 49.7 Å². The first kappa shape index (κ1) is 19.2. The van der Waals surface area contributed by atoms with Crippen LogP contribution in [0.3, 0.4) is 0 Å². The largest absolute Gasteiger partial charge is 0.378 e. The first-order chi connectivity index (χ1) is 14.7. The number of aromatic nitrogens is 4. The fourth-order valence-electron chi connectivity index (χ4n) is 4.23. The molecule has 1 saturated heterocycles. The van der Waals surface area contributed by atoms with E-state index < -0.39 is 0 Å². The van der Waals surface area contributed by atoms with E-state index in [-0.39, 0.29) is 0 Å². The van der Waals surface area contributed by atoms with E-state index in [2.05, 4.69) is 43.8 Å². The Hall–Kier alpha value is -2.81. The van der Waals surface area contributed by atoms with Crippen molar-refractivity contribution < 1.29 is 4.74 Å². The zero-order valence-corrected chi connectivity index (χ0v) is 17.4. The molecule has 0 saturated carbocycles. The quantitative estimate of drug-likeness (QED) is 0.675. The second kappa shape index (κ2) is 8.14. The molecule has 2 aromatic heterocycles. The topological polar surface area (TPSA) is 80.1 Å². The van der Waals surface area contributed by atoms with Crippen LogP contribution >= 0.6 is 0 Å². The van der Waals surface area contributed by atoms with Crippen molar-refractivity contribution in [3.63, 3.8) is 0 Å². The first-order valence-corrected chi connectivity index (χ1v) is 10.4. The van der Waals surface area contributed by atoms with Crippen LogP contribution in [0.25, 0.3) is 11.3 Å². The molecule has 3 aromatic rings. The lowest BCUT2D eigenvalue weighted by atomic mass is 9.96. The molecule has 5 rings (SSSR count). The third-order valence-corrected chi connectivity index (χ3v) is 5.99. The minimum Gasteiger partial charge on any atom is -0.378 e. The molecular formula is C22H27N7O. The first-order valence-electron chi connectivity index (χ1n) is 10.4. The number of nitrogens with one attached hydrogen (secondary N) is 2.